The smallest absolute Gasteiger partial charge is 0.261 e. The third-order valence-electron chi connectivity index (χ3n) is 7.40. The van der Waals surface area contributed by atoms with Crippen LogP contribution < -0.4 is 15.0 Å². The Morgan fingerprint density at radius 2 is 1.71 bits per heavy atom. The van der Waals surface area contributed by atoms with E-state index in [2.05, 4.69) is 18.2 Å². The highest BCUT2D eigenvalue weighted by Gasteiger charge is 2.37. The average molecular weight is 453 g/mol. The van der Waals surface area contributed by atoms with Crippen molar-refractivity contribution in [2.75, 3.05) is 7.11 Å². The topological polar surface area (TPSA) is 53.4 Å². The van der Waals surface area contributed by atoms with Crippen molar-refractivity contribution in [1.82, 2.24) is 9.55 Å². The Hall–Kier alpha value is -3.60. The van der Waals surface area contributed by atoms with Crippen LogP contribution in [0.5, 0.6) is 17.4 Å². The molecule has 1 aromatic heterocycles. The highest BCUT2D eigenvalue weighted by Crippen LogP contribution is 2.50. The zero-order valence-electron chi connectivity index (χ0n) is 19.6. The number of hydrogen-bond acceptors (Lipinski definition) is 4. The second-order valence-electron chi connectivity index (χ2n) is 9.32. The molecular formula is C29H28N2O3. The Morgan fingerprint density at radius 1 is 0.941 bits per heavy atom. The monoisotopic (exact) mass is 452 g/mol. The molecular weight excluding hydrogens is 424 g/mol. The highest BCUT2D eigenvalue weighted by molar-refractivity contribution is 5.90. The predicted octanol–water partition coefficient (Wildman–Crippen LogP) is 6.50. The lowest BCUT2D eigenvalue weighted by atomic mass is 9.81. The lowest BCUT2D eigenvalue weighted by molar-refractivity contribution is 0.329. The van der Waals surface area contributed by atoms with Crippen LogP contribution in [0.2, 0.25) is 0 Å². The van der Waals surface area contributed by atoms with E-state index in [1.807, 2.05) is 54.0 Å². The van der Waals surface area contributed by atoms with Crippen molar-refractivity contribution < 1.29 is 9.47 Å². The number of rotatable bonds is 3. The summed E-state index contributed by atoms with van der Waals surface area (Å²) < 4.78 is 14.1. The number of nitrogens with zero attached hydrogens (tertiary/aromatic N) is 2. The van der Waals surface area contributed by atoms with Crippen LogP contribution in [0.3, 0.4) is 0 Å². The van der Waals surface area contributed by atoms with Crippen LogP contribution in [0, 0.1) is 6.92 Å². The first kappa shape index (κ1) is 21.0. The molecule has 4 aromatic rings. The summed E-state index contributed by atoms with van der Waals surface area (Å²) >= 11 is 0. The molecule has 6 rings (SSSR count). The second-order valence-corrected chi connectivity index (χ2v) is 9.32. The van der Waals surface area contributed by atoms with Gasteiger partial charge in [0.05, 0.1) is 18.6 Å². The molecule has 0 bridgehead atoms. The van der Waals surface area contributed by atoms with E-state index in [4.69, 9.17) is 14.5 Å². The average Bonchev–Trinajstić information content (AvgIpc) is 2.88. The lowest BCUT2D eigenvalue weighted by Gasteiger charge is -2.32. The molecule has 0 amide bonds. The van der Waals surface area contributed by atoms with Crippen LogP contribution in [0.4, 0.5) is 0 Å². The predicted molar refractivity (Wildman–Crippen MR) is 133 cm³/mol. The summed E-state index contributed by atoms with van der Waals surface area (Å²) in [5.41, 5.74) is 2.55. The van der Waals surface area contributed by atoms with Gasteiger partial charge in [0.2, 0.25) is 5.88 Å². The first-order valence-corrected chi connectivity index (χ1v) is 12.1. The maximum atomic E-state index is 14.3. The number of benzene rings is 3. The minimum atomic E-state index is -0.337. The molecule has 0 saturated heterocycles. The first-order chi connectivity index (χ1) is 16.7. The molecule has 1 unspecified atom stereocenters. The van der Waals surface area contributed by atoms with E-state index >= 15 is 0 Å². The van der Waals surface area contributed by atoms with E-state index in [9.17, 15) is 4.79 Å². The van der Waals surface area contributed by atoms with Gasteiger partial charge in [0.25, 0.3) is 5.56 Å². The van der Waals surface area contributed by atoms with Crippen LogP contribution >= 0.6 is 0 Å². The Balaban J connectivity index is 1.68. The van der Waals surface area contributed by atoms with Crippen molar-refractivity contribution in [2.45, 2.75) is 51.0 Å². The van der Waals surface area contributed by atoms with Gasteiger partial charge in [-0.2, -0.15) is 4.98 Å². The Labute approximate surface area is 199 Å². The number of aryl methyl sites for hydroxylation is 1. The van der Waals surface area contributed by atoms with Crippen molar-refractivity contribution >= 4 is 10.8 Å². The van der Waals surface area contributed by atoms with E-state index in [0.29, 0.717) is 11.4 Å². The summed E-state index contributed by atoms with van der Waals surface area (Å²) in [4.78, 5) is 19.1. The molecule has 0 spiro atoms. The van der Waals surface area contributed by atoms with Gasteiger partial charge in [0.1, 0.15) is 17.3 Å². The Kier molecular flexibility index (Phi) is 5.13. The summed E-state index contributed by atoms with van der Waals surface area (Å²) in [5, 5.41) is 2.19. The molecule has 1 aliphatic heterocycles. The highest BCUT2D eigenvalue weighted by atomic mass is 16.5. The molecule has 1 fully saturated rings. The van der Waals surface area contributed by atoms with Gasteiger partial charge < -0.3 is 9.47 Å². The summed E-state index contributed by atoms with van der Waals surface area (Å²) in [6.07, 6.45) is 5.55. The van der Waals surface area contributed by atoms with Crippen LogP contribution in [-0.2, 0) is 0 Å². The Bertz CT molecular complexity index is 1450. The third-order valence-corrected chi connectivity index (χ3v) is 7.40. The molecule has 5 nitrogen and oxygen atoms in total. The van der Waals surface area contributed by atoms with Gasteiger partial charge in [0.15, 0.2) is 0 Å². The van der Waals surface area contributed by atoms with Crippen molar-refractivity contribution in [3.05, 3.63) is 93.5 Å². The normalized spacial score (nSPS) is 17.6. The zero-order valence-corrected chi connectivity index (χ0v) is 19.6. The number of hydrogen-bond donors (Lipinski definition) is 0. The van der Waals surface area contributed by atoms with E-state index < -0.39 is 0 Å². The van der Waals surface area contributed by atoms with Crippen LogP contribution in [0.25, 0.3) is 10.8 Å². The standard InChI is InChI=1S/C29H28N2O3/c1-18-30-28-27(29(32)31(18)20-11-4-3-5-12-20)26(22-14-8-9-15-23(22)33-2)25-21-13-7-6-10-19(21)16-17-24(25)34-28/h6-10,13-17,20,26H,3-5,11-12H2,1-2H3. The molecule has 1 aliphatic carbocycles. The summed E-state index contributed by atoms with van der Waals surface area (Å²) in [5.74, 6) is 2.29. The van der Waals surface area contributed by atoms with Gasteiger partial charge in [-0.25, -0.2) is 0 Å². The number of ether oxygens (including phenoxy) is 2. The van der Waals surface area contributed by atoms with Crippen LogP contribution in [-0.4, -0.2) is 16.7 Å². The van der Waals surface area contributed by atoms with Crippen molar-refractivity contribution in [2.24, 2.45) is 0 Å². The number of methoxy groups -OCH3 is 1. The van der Waals surface area contributed by atoms with E-state index in [1.54, 1.807) is 7.11 Å². The molecule has 172 valence electrons. The van der Waals surface area contributed by atoms with Gasteiger partial charge in [-0.3, -0.25) is 9.36 Å². The molecule has 34 heavy (non-hydrogen) atoms. The minimum absolute atomic E-state index is 0.00360. The number of para-hydroxylation sites is 1. The fourth-order valence-electron chi connectivity index (χ4n) is 5.85. The van der Waals surface area contributed by atoms with Gasteiger partial charge in [-0.05, 0) is 42.7 Å². The second kappa shape index (κ2) is 8.32. The van der Waals surface area contributed by atoms with Crippen molar-refractivity contribution in [3.63, 3.8) is 0 Å². The Morgan fingerprint density at radius 3 is 2.53 bits per heavy atom. The molecule has 2 heterocycles. The summed E-state index contributed by atoms with van der Waals surface area (Å²) in [7, 11) is 1.68. The molecule has 1 atom stereocenters. The largest absolute Gasteiger partial charge is 0.496 e. The van der Waals surface area contributed by atoms with Crippen molar-refractivity contribution in [1.29, 1.82) is 0 Å². The number of fused-ring (bicyclic) bond motifs is 4. The zero-order chi connectivity index (χ0) is 23.2. The fourth-order valence-corrected chi connectivity index (χ4v) is 5.85. The minimum Gasteiger partial charge on any atom is -0.496 e. The molecule has 5 heteroatoms. The lowest BCUT2D eigenvalue weighted by Crippen LogP contribution is -2.34. The van der Waals surface area contributed by atoms with E-state index in [1.165, 1.54) is 6.42 Å². The third kappa shape index (κ3) is 3.22. The van der Waals surface area contributed by atoms with E-state index in [0.717, 1.165) is 64.9 Å². The summed E-state index contributed by atoms with van der Waals surface area (Å²) in [6.45, 7) is 1.92. The molecule has 3 aromatic carbocycles. The van der Waals surface area contributed by atoms with Gasteiger partial charge in [0, 0.05) is 17.2 Å². The van der Waals surface area contributed by atoms with Crippen LogP contribution in [0.15, 0.2) is 65.5 Å². The quantitative estimate of drug-likeness (QED) is 0.313. The van der Waals surface area contributed by atoms with Crippen LogP contribution in [0.1, 0.15) is 66.6 Å². The SMILES string of the molecule is COc1ccccc1C1c2c(nc(C)n(C3CCCCC3)c2=O)Oc2ccc3ccccc3c21. The molecule has 0 N–H and O–H groups in total. The molecule has 2 aliphatic rings. The fraction of sp³-hybridized carbons (Fsp3) is 0.310. The number of aromatic nitrogens is 2. The van der Waals surface area contributed by atoms with E-state index in [-0.39, 0.29) is 17.5 Å². The maximum absolute atomic E-state index is 14.3. The van der Waals surface area contributed by atoms with Crippen molar-refractivity contribution in [3.8, 4) is 17.4 Å². The first-order valence-electron chi connectivity index (χ1n) is 12.1. The van der Waals surface area contributed by atoms with Gasteiger partial charge in [-0.1, -0.05) is 67.8 Å². The molecule has 0 radical (unpaired) electrons. The summed E-state index contributed by atoms with van der Waals surface area (Å²) in [6, 6.07) is 20.5. The van der Waals surface area contributed by atoms with Gasteiger partial charge >= 0.3 is 0 Å². The maximum Gasteiger partial charge on any atom is 0.261 e. The molecule has 1 saturated carbocycles. The van der Waals surface area contributed by atoms with Gasteiger partial charge in [-0.15, -0.1) is 0 Å².